The SMILES string of the molecule is N#Cc1ccc(Nc2cccc(Cl)c2Cl)c(Br)c1. The van der Waals surface area contributed by atoms with Gasteiger partial charge in [0, 0.05) is 4.47 Å². The van der Waals surface area contributed by atoms with Crippen LogP contribution < -0.4 is 5.32 Å². The number of rotatable bonds is 2. The molecule has 0 fully saturated rings. The zero-order chi connectivity index (χ0) is 13.1. The van der Waals surface area contributed by atoms with Crippen LogP contribution in [0.15, 0.2) is 40.9 Å². The van der Waals surface area contributed by atoms with Crippen LogP contribution in [-0.4, -0.2) is 0 Å². The summed E-state index contributed by atoms with van der Waals surface area (Å²) < 4.78 is 0.789. The van der Waals surface area contributed by atoms with Gasteiger partial charge >= 0.3 is 0 Å². The van der Waals surface area contributed by atoms with Gasteiger partial charge in [-0.25, -0.2) is 0 Å². The highest BCUT2D eigenvalue weighted by atomic mass is 79.9. The highest BCUT2D eigenvalue weighted by Crippen LogP contribution is 2.34. The van der Waals surface area contributed by atoms with Crippen molar-refractivity contribution in [3.63, 3.8) is 0 Å². The summed E-state index contributed by atoms with van der Waals surface area (Å²) in [6.45, 7) is 0. The molecule has 0 aliphatic rings. The van der Waals surface area contributed by atoms with Gasteiger partial charge in [-0.2, -0.15) is 5.26 Å². The van der Waals surface area contributed by atoms with Gasteiger partial charge in [0.25, 0.3) is 0 Å². The van der Waals surface area contributed by atoms with E-state index in [2.05, 4.69) is 27.3 Å². The molecule has 1 N–H and O–H groups in total. The van der Waals surface area contributed by atoms with E-state index < -0.39 is 0 Å². The summed E-state index contributed by atoms with van der Waals surface area (Å²) in [5.74, 6) is 0. The van der Waals surface area contributed by atoms with E-state index in [-0.39, 0.29) is 0 Å². The van der Waals surface area contributed by atoms with E-state index in [0.717, 1.165) is 15.8 Å². The molecule has 18 heavy (non-hydrogen) atoms. The second kappa shape index (κ2) is 5.62. The summed E-state index contributed by atoms with van der Waals surface area (Å²) in [5, 5.41) is 12.9. The molecule has 0 saturated carbocycles. The van der Waals surface area contributed by atoms with E-state index in [0.29, 0.717) is 15.6 Å². The molecule has 0 spiro atoms. The number of hydrogen-bond donors (Lipinski definition) is 1. The van der Waals surface area contributed by atoms with Gasteiger partial charge < -0.3 is 5.32 Å². The number of benzene rings is 2. The van der Waals surface area contributed by atoms with Crippen molar-refractivity contribution in [2.24, 2.45) is 0 Å². The minimum Gasteiger partial charge on any atom is -0.353 e. The third kappa shape index (κ3) is 2.78. The Kier molecular flexibility index (Phi) is 4.13. The van der Waals surface area contributed by atoms with Crippen molar-refractivity contribution in [1.82, 2.24) is 0 Å². The van der Waals surface area contributed by atoms with Crippen molar-refractivity contribution in [2.45, 2.75) is 0 Å². The van der Waals surface area contributed by atoms with Crippen molar-refractivity contribution < 1.29 is 0 Å². The molecule has 2 nitrogen and oxygen atoms in total. The fraction of sp³-hybridized carbons (Fsp3) is 0. The van der Waals surface area contributed by atoms with Gasteiger partial charge in [0.15, 0.2) is 0 Å². The van der Waals surface area contributed by atoms with Crippen LogP contribution in [0, 0.1) is 11.3 Å². The molecule has 0 radical (unpaired) electrons. The molecule has 5 heteroatoms. The standard InChI is InChI=1S/C13H7BrCl2N2/c14-9-6-8(7-17)4-5-11(9)18-12-3-1-2-10(15)13(12)16/h1-6,18H. The summed E-state index contributed by atoms with van der Waals surface area (Å²) in [6, 6.07) is 12.7. The molecule has 90 valence electrons. The fourth-order valence-electron chi connectivity index (χ4n) is 1.43. The second-order valence-corrected chi connectivity index (χ2v) is 5.17. The van der Waals surface area contributed by atoms with Crippen LogP contribution in [0.25, 0.3) is 0 Å². The first-order valence-corrected chi connectivity index (χ1v) is 6.57. The molecule has 0 aliphatic carbocycles. The first-order valence-electron chi connectivity index (χ1n) is 5.02. The Bertz CT molecular complexity index is 635. The first kappa shape index (κ1) is 13.2. The van der Waals surface area contributed by atoms with Gasteiger partial charge in [-0.05, 0) is 46.3 Å². The predicted octanol–water partition coefficient (Wildman–Crippen LogP) is 5.37. The number of anilines is 2. The molecular formula is C13H7BrCl2N2. The van der Waals surface area contributed by atoms with Gasteiger partial charge in [-0.3, -0.25) is 0 Å². The quantitative estimate of drug-likeness (QED) is 0.796. The van der Waals surface area contributed by atoms with E-state index >= 15 is 0 Å². The molecule has 0 amide bonds. The highest BCUT2D eigenvalue weighted by Gasteiger charge is 2.07. The molecule has 0 aromatic heterocycles. The fourth-order valence-corrected chi connectivity index (χ4v) is 2.26. The largest absolute Gasteiger partial charge is 0.353 e. The monoisotopic (exact) mass is 340 g/mol. The summed E-state index contributed by atoms with van der Waals surface area (Å²) in [7, 11) is 0. The van der Waals surface area contributed by atoms with Crippen LogP contribution in [0.3, 0.4) is 0 Å². The van der Waals surface area contributed by atoms with Crippen molar-refractivity contribution >= 4 is 50.5 Å². The predicted molar refractivity (Wildman–Crippen MR) is 78.6 cm³/mol. The van der Waals surface area contributed by atoms with Crippen LogP contribution in [0.2, 0.25) is 10.0 Å². The second-order valence-electron chi connectivity index (χ2n) is 3.53. The van der Waals surface area contributed by atoms with Crippen LogP contribution in [0.1, 0.15) is 5.56 Å². The lowest BCUT2D eigenvalue weighted by molar-refractivity contribution is 1.46. The number of nitriles is 1. The number of halogens is 3. The molecule has 0 atom stereocenters. The van der Waals surface area contributed by atoms with Crippen LogP contribution >= 0.6 is 39.1 Å². The summed E-state index contributed by atoms with van der Waals surface area (Å²) in [6.07, 6.45) is 0. The average Bonchev–Trinajstić information content (AvgIpc) is 2.37. The molecule has 2 aromatic rings. The van der Waals surface area contributed by atoms with Crippen molar-refractivity contribution in [1.29, 1.82) is 5.26 Å². The van der Waals surface area contributed by atoms with Gasteiger partial charge in [0.05, 0.1) is 33.1 Å². The lowest BCUT2D eigenvalue weighted by Crippen LogP contribution is -1.93. The average molecular weight is 342 g/mol. The third-order valence-corrected chi connectivity index (χ3v) is 3.79. The van der Waals surface area contributed by atoms with E-state index in [1.54, 1.807) is 24.3 Å². The maximum atomic E-state index is 8.79. The van der Waals surface area contributed by atoms with Crippen molar-refractivity contribution in [3.05, 3.63) is 56.5 Å². The lowest BCUT2D eigenvalue weighted by atomic mass is 10.2. The summed E-state index contributed by atoms with van der Waals surface area (Å²) in [5.41, 5.74) is 2.12. The molecule has 0 heterocycles. The Morgan fingerprint density at radius 3 is 2.56 bits per heavy atom. The minimum absolute atomic E-state index is 0.468. The molecule has 0 aliphatic heterocycles. The van der Waals surface area contributed by atoms with Gasteiger partial charge in [0.1, 0.15) is 0 Å². The molecule has 2 rings (SSSR count). The van der Waals surface area contributed by atoms with Gasteiger partial charge in [0.2, 0.25) is 0 Å². The minimum atomic E-state index is 0.468. The zero-order valence-corrected chi connectivity index (χ0v) is 12.1. The number of nitrogens with one attached hydrogen (secondary N) is 1. The van der Waals surface area contributed by atoms with Crippen LogP contribution in [-0.2, 0) is 0 Å². The summed E-state index contributed by atoms with van der Waals surface area (Å²) in [4.78, 5) is 0. The van der Waals surface area contributed by atoms with Gasteiger partial charge in [-0.1, -0.05) is 29.3 Å². The van der Waals surface area contributed by atoms with Crippen molar-refractivity contribution in [2.75, 3.05) is 5.32 Å². The Morgan fingerprint density at radius 1 is 1.11 bits per heavy atom. The van der Waals surface area contributed by atoms with E-state index in [4.69, 9.17) is 28.5 Å². The molecule has 0 saturated heterocycles. The maximum absolute atomic E-state index is 8.79. The van der Waals surface area contributed by atoms with Crippen molar-refractivity contribution in [3.8, 4) is 6.07 Å². The lowest BCUT2D eigenvalue weighted by Gasteiger charge is -2.11. The number of hydrogen-bond acceptors (Lipinski definition) is 2. The van der Waals surface area contributed by atoms with Gasteiger partial charge in [-0.15, -0.1) is 0 Å². The normalized spacial score (nSPS) is 9.89. The Morgan fingerprint density at radius 2 is 1.89 bits per heavy atom. The first-order chi connectivity index (χ1) is 8.61. The van der Waals surface area contributed by atoms with E-state index in [1.165, 1.54) is 0 Å². The molecule has 0 bridgehead atoms. The topological polar surface area (TPSA) is 35.8 Å². The van der Waals surface area contributed by atoms with Crippen LogP contribution in [0.5, 0.6) is 0 Å². The smallest absolute Gasteiger partial charge is 0.0992 e. The van der Waals surface area contributed by atoms with Crippen LogP contribution in [0.4, 0.5) is 11.4 Å². The van der Waals surface area contributed by atoms with E-state index in [1.807, 2.05) is 12.1 Å². The highest BCUT2D eigenvalue weighted by molar-refractivity contribution is 9.10. The zero-order valence-electron chi connectivity index (χ0n) is 9.05. The van der Waals surface area contributed by atoms with E-state index in [9.17, 15) is 0 Å². The molecular weight excluding hydrogens is 335 g/mol. The molecule has 2 aromatic carbocycles. The number of nitrogens with zero attached hydrogens (tertiary/aromatic N) is 1. The molecule has 0 unspecified atom stereocenters. The summed E-state index contributed by atoms with van der Waals surface area (Å²) >= 11 is 15.4. The maximum Gasteiger partial charge on any atom is 0.0992 e. The third-order valence-electron chi connectivity index (χ3n) is 2.32. The Balaban J connectivity index is 2.35. The Labute approximate surface area is 123 Å². The Hall–Kier alpha value is -1.21.